The van der Waals surface area contributed by atoms with Crippen LogP contribution in [0.2, 0.25) is 0 Å². The lowest BCUT2D eigenvalue weighted by molar-refractivity contribution is 0.0970. The zero-order chi connectivity index (χ0) is 19.8. The standard InChI is InChI=1S/C24H20N2O2S/c27-21(19-11-10-16-6-4-5-9-18(16)12-19)14-26-15-25-23-20(24(26)28)13-22(29-23)17-7-2-1-3-8-17/h1-3,7-8,10-13,15H,4-6,9,14H2. The first-order valence-electron chi connectivity index (χ1n) is 9.88. The Balaban J connectivity index is 1.45. The Labute approximate surface area is 172 Å². The Hall–Kier alpha value is -3.05. The lowest BCUT2D eigenvalue weighted by atomic mass is 9.90. The fourth-order valence-electron chi connectivity index (χ4n) is 3.97. The Kier molecular flexibility index (Phi) is 4.60. The van der Waals surface area contributed by atoms with E-state index in [9.17, 15) is 9.59 Å². The van der Waals surface area contributed by atoms with Gasteiger partial charge in [-0.15, -0.1) is 11.3 Å². The molecule has 5 heteroatoms. The van der Waals surface area contributed by atoms with Crippen molar-refractivity contribution < 1.29 is 4.79 Å². The van der Waals surface area contributed by atoms with E-state index in [2.05, 4.69) is 11.1 Å². The van der Waals surface area contributed by atoms with Gasteiger partial charge in [-0.25, -0.2) is 4.98 Å². The van der Waals surface area contributed by atoms with Crippen LogP contribution in [-0.2, 0) is 19.4 Å². The summed E-state index contributed by atoms with van der Waals surface area (Å²) in [5.41, 5.74) is 4.19. The number of benzene rings is 2. The van der Waals surface area contributed by atoms with Crippen molar-refractivity contribution in [2.45, 2.75) is 32.2 Å². The molecule has 1 aliphatic rings. The van der Waals surface area contributed by atoms with Crippen LogP contribution in [0.3, 0.4) is 0 Å². The zero-order valence-electron chi connectivity index (χ0n) is 15.9. The van der Waals surface area contributed by atoms with Crippen LogP contribution >= 0.6 is 11.3 Å². The van der Waals surface area contributed by atoms with Crippen molar-refractivity contribution in [3.8, 4) is 10.4 Å². The van der Waals surface area contributed by atoms with E-state index in [0.29, 0.717) is 15.8 Å². The van der Waals surface area contributed by atoms with E-state index in [-0.39, 0.29) is 17.9 Å². The Bertz CT molecular complexity index is 1270. The van der Waals surface area contributed by atoms with Gasteiger partial charge in [-0.1, -0.05) is 42.5 Å². The number of rotatable bonds is 4. The van der Waals surface area contributed by atoms with Crippen LogP contribution in [0.15, 0.2) is 65.7 Å². The normalized spacial score (nSPS) is 13.4. The molecule has 0 unspecified atom stereocenters. The SMILES string of the molecule is O=C(Cn1cnc2sc(-c3ccccc3)cc2c1=O)c1ccc2c(c1)CCCC2. The first kappa shape index (κ1) is 18.0. The largest absolute Gasteiger partial charge is 0.292 e. The quantitative estimate of drug-likeness (QED) is 0.459. The molecule has 5 rings (SSSR count). The summed E-state index contributed by atoms with van der Waals surface area (Å²) in [4.78, 5) is 31.9. The summed E-state index contributed by atoms with van der Waals surface area (Å²) >= 11 is 1.49. The van der Waals surface area contributed by atoms with E-state index in [0.717, 1.165) is 23.3 Å². The van der Waals surface area contributed by atoms with E-state index in [1.54, 1.807) is 0 Å². The van der Waals surface area contributed by atoms with Gasteiger partial charge in [-0.2, -0.15) is 0 Å². The van der Waals surface area contributed by atoms with Crippen LogP contribution in [0.25, 0.3) is 20.7 Å². The second-order valence-corrected chi connectivity index (χ2v) is 8.52. The average molecular weight is 401 g/mol. The van der Waals surface area contributed by atoms with E-state index in [4.69, 9.17) is 0 Å². The lowest BCUT2D eigenvalue weighted by Crippen LogP contribution is -2.24. The molecule has 0 saturated carbocycles. The molecule has 0 aliphatic heterocycles. The number of carbonyl (C=O) groups excluding carboxylic acids is 1. The number of Topliss-reactive ketones (excluding diaryl/α,β-unsaturated/α-hetero) is 1. The third-order valence-electron chi connectivity index (χ3n) is 5.56. The van der Waals surface area contributed by atoms with Crippen LogP contribution in [0.1, 0.15) is 34.3 Å². The summed E-state index contributed by atoms with van der Waals surface area (Å²) in [6, 6.07) is 17.8. The number of aryl methyl sites for hydroxylation is 2. The van der Waals surface area contributed by atoms with Gasteiger partial charge in [0, 0.05) is 10.4 Å². The van der Waals surface area contributed by atoms with Crippen LogP contribution < -0.4 is 5.56 Å². The Morgan fingerprint density at radius 1 is 1.00 bits per heavy atom. The molecule has 2 aromatic heterocycles. The third-order valence-corrected chi connectivity index (χ3v) is 6.65. The van der Waals surface area contributed by atoms with E-state index in [1.807, 2.05) is 48.5 Å². The molecular formula is C24H20N2O2S. The van der Waals surface area contributed by atoms with Crippen molar-refractivity contribution in [3.05, 3.63) is 88.0 Å². The van der Waals surface area contributed by atoms with Gasteiger partial charge in [0.25, 0.3) is 5.56 Å². The van der Waals surface area contributed by atoms with Gasteiger partial charge >= 0.3 is 0 Å². The zero-order valence-corrected chi connectivity index (χ0v) is 16.7. The first-order chi connectivity index (χ1) is 14.2. The molecule has 0 N–H and O–H groups in total. The minimum Gasteiger partial charge on any atom is -0.292 e. The predicted molar refractivity (Wildman–Crippen MR) is 117 cm³/mol. The second kappa shape index (κ2) is 7.41. The highest BCUT2D eigenvalue weighted by atomic mass is 32.1. The molecular weight excluding hydrogens is 380 g/mol. The van der Waals surface area contributed by atoms with Crippen LogP contribution in [0.5, 0.6) is 0 Å². The molecule has 2 heterocycles. The molecule has 0 bridgehead atoms. The van der Waals surface area contributed by atoms with Crippen molar-refractivity contribution in [1.82, 2.24) is 9.55 Å². The smallest absolute Gasteiger partial charge is 0.262 e. The lowest BCUT2D eigenvalue weighted by Gasteiger charge is -2.16. The molecule has 144 valence electrons. The minimum atomic E-state index is -0.167. The fourth-order valence-corrected chi connectivity index (χ4v) is 4.97. The van der Waals surface area contributed by atoms with Gasteiger partial charge < -0.3 is 0 Å². The number of ketones is 1. The molecule has 0 saturated heterocycles. The van der Waals surface area contributed by atoms with E-state index >= 15 is 0 Å². The molecule has 0 fully saturated rings. The van der Waals surface area contributed by atoms with Gasteiger partial charge in [0.05, 0.1) is 18.3 Å². The summed E-state index contributed by atoms with van der Waals surface area (Å²) in [5.74, 6) is -0.0554. The third kappa shape index (κ3) is 3.42. The van der Waals surface area contributed by atoms with Gasteiger partial charge in [-0.05, 0) is 54.5 Å². The second-order valence-electron chi connectivity index (χ2n) is 7.49. The van der Waals surface area contributed by atoms with Crippen LogP contribution in [-0.4, -0.2) is 15.3 Å². The Morgan fingerprint density at radius 2 is 1.79 bits per heavy atom. The average Bonchev–Trinajstić information content (AvgIpc) is 3.21. The number of hydrogen-bond donors (Lipinski definition) is 0. The first-order valence-corrected chi connectivity index (χ1v) is 10.7. The number of thiophene rings is 1. The van der Waals surface area contributed by atoms with Crippen LogP contribution in [0.4, 0.5) is 0 Å². The van der Waals surface area contributed by atoms with Gasteiger partial charge in [0.15, 0.2) is 5.78 Å². The molecule has 0 spiro atoms. The highest BCUT2D eigenvalue weighted by molar-refractivity contribution is 7.21. The van der Waals surface area contributed by atoms with Gasteiger partial charge in [0.1, 0.15) is 4.83 Å². The monoisotopic (exact) mass is 400 g/mol. The van der Waals surface area contributed by atoms with Gasteiger partial charge in [0.2, 0.25) is 0 Å². The molecule has 4 nitrogen and oxygen atoms in total. The summed E-state index contributed by atoms with van der Waals surface area (Å²) in [5, 5.41) is 0.564. The maximum Gasteiger partial charge on any atom is 0.262 e. The van der Waals surface area contributed by atoms with Crippen LogP contribution in [0, 0.1) is 0 Å². The highest BCUT2D eigenvalue weighted by Gasteiger charge is 2.15. The number of nitrogens with zero attached hydrogens (tertiary/aromatic N) is 2. The summed E-state index contributed by atoms with van der Waals surface area (Å²) in [7, 11) is 0. The molecule has 2 aromatic carbocycles. The van der Waals surface area contributed by atoms with Crippen molar-refractivity contribution >= 4 is 27.3 Å². The van der Waals surface area contributed by atoms with Crippen molar-refractivity contribution in [2.75, 3.05) is 0 Å². The van der Waals surface area contributed by atoms with Crippen molar-refractivity contribution in [1.29, 1.82) is 0 Å². The highest BCUT2D eigenvalue weighted by Crippen LogP contribution is 2.30. The minimum absolute atomic E-state index is 0.0110. The maximum atomic E-state index is 12.9. The summed E-state index contributed by atoms with van der Waals surface area (Å²) in [6.07, 6.45) is 6.00. The molecule has 1 aliphatic carbocycles. The van der Waals surface area contributed by atoms with E-state index < -0.39 is 0 Å². The number of fused-ring (bicyclic) bond motifs is 2. The van der Waals surface area contributed by atoms with Crippen molar-refractivity contribution in [2.24, 2.45) is 0 Å². The molecule has 4 aromatic rings. The maximum absolute atomic E-state index is 12.9. The number of carbonyl (C=O) groups is 1. The van der Waals surface area contributed by atoms with E-state index in [1.165, 1.54) is 46.2 Å². The summed E-state index contributed by atoms with van der Waals surface area (Å²) < 4.78 is 1.42. The molecule has 0 amide bonds. The number of hydrogen-bond acceptors (Lipinski definition) is 4. The molecule has 0 radical (unpaired) electrons. The molecule has 0 atom stereocenters. The molecule has 29 heavy (non-hydrogen) atoms. The van der Waals surface area contributed by atoms with Crippen molar-refractivity contribution in [3.63, 3.8) is 0 Å². The fraction of sp³-hybridized carbons (Fsp3) is 0.208. The number of aromatic nitrogens is 2. The summed E-state index contributed by atoms with van der Waals surface area (Å²) in [6.45, 7) is 0.0110. The predicted octanol–water partition coefficient (Wildman–Crippen LogP) is 4.89. The van der Waals surface area contributed by atoms with Gasteiger partial charge in [-0.3, -0.25) is 14.2 Å². The Morgan fingerprint density at radius 3 is 2.62 bits per heavy atom. The topological polar surface area (TPSA) is 52.0 Å².